The number of hydrogen-bond acceptors (Lipinski definition) is 4. The van der Waals surface area contributed by atoms with Gasteiger partial charge in [0.2, 0.25) is 0 Å². The average Bonchev–Trinajstić information content (AvgIpc) is 2.51. The van der Waals surface area contributed by atoms with Crippen molar-refractivity contribution >= 4 is 17.9 Å². The molecule has 2 N–H and O–H groups in total. The van der Waals surface area contributed by atoms with Crippen LogP contribution < -0.4 is 0 Å². The number of carbonyl (C=O) groups excluding carboxylic acids is 1. The molecule has 23 heavy (non-hydrogen) atoms. The fraction of sp³-hybridized carbons (Fsp3) is 0.471. The van der Waals surface area contributed by atoms with Crippen molar-refractivity contribution in [3.05, 3.63) is 34.9 Å². The Labute approximate surface area is 135 Å². The molecule has 0 saturated heterocycles. The Morgan fingerprint density at radius 1 is 1.00 bits per heavy atom. The maximum Gasteiger partial charge on any atom is 0.339 e. The quantitative estimate of drug-likeness (QED) is 0.674. The first-order valence-corrected chi connectivity index (χ1v) is 7.72. The van der Waals surface area contributed by atoms with Crippen LogP contribution in [0.15, 0.2) is 18.2 Å². The van der Waals surface area contributed by atoms with Gasteiger partial charge in [-0.15, -0.1) is 0 Å². The van der Waals surface area contributed by atoms with Crippen molar-refractivity contribution in [3.63, 3.8) is 0 Å². The molecule has 0 aliphatic carbocycles. The van der Waals surface area contributed by atoms with Crippen molar-refractivity contribution < 1.29 is 29.3 Å². The van der Waals surface area contributed by atoms with Crippen molar-refractivity contribution in [1.29, 1.82) is 0 Å². The Balaban J connectivity index is 3.05. The number of rotatable bonds is 9. The van der Waals surface area contributed by atoms with E-state index < -0.39 is 17.9 Å². The second kappa shape index (κ2) is 8.92. The lowest BCUT2D eigenvalue weighted by Gasteiger charge is -2.18. The van der Waals surface area contributed by atoms with E-state index in [-0.39, 0.29) is 22.8 Å². The lowest BCUT2D eigenvalue weighted by Crippen LogP contribution is -2.21. The van der Waals surface area contributed by atoms with Gasteiger partial charge in [-0.2, -0.15) is 0 Å². The van der Waals surface area contributed by atoms with Crippen LogP contribution in [0.4, 0.5) is 0 Å². The predicted octanol–water partition coefficient (Wildman–Crippen LogP) is 3.60. The van der Waals surface area contributed by atoms with Gasteiger partial charge in [0.15, 0.2) is 0 Å². The molecule has 1 aromatic rings. The van der Waals surface area contributed by atoms with Gasteiger partial charge in [0.25, 0.3) is 0 Å². The molecule has 0 aromatic heterocycles. The highest BCUT2D eigenvalue weighted by atomic mass is 16.5. The van der Waals surface area contributed by atoms with Gasteiger partial charge in [-0.25, -0.2) is 14.4 Å². The van der Waals surface area contributed by atoms with Crippen LogP contribution in [0.2, 0.25) is 0 Å². The van der Waals surface area contributed by atoms with E-state index in [0.717, 1.165) is 37.5 Å². The molecule has 126 valence electrons. The fourth-order valence-electron chi connectivity index (χ4n) is 2.26. The first-order valence-electron chi connectivity index (χ1n) is 7.72. The lowest BCUT2D eigenvalue weighted by molar-refractivity contribution is 0.0250. The molecule has 0 saturated carbocycles. The smallest absolute Gasteiger partial charge is 0.339 e. The van der Waals surface area contributed by atoms with Gasteiger partial charge in [-0.05, 0) is 31.0 Å². The van der Waals surface area contributed by atoms with Crippen LogP contribution in [0.1, 0.15) is 77.0 Å². The molecule has 1 atom stereocenters. The van der Waals surface area contributed by atoms with Gasteiger partial charge < -0.3 is 14.9 Å². The number of carboxylic acids is 2. The van der Waals surface area contributed by atoms with Crippen LogP contribution in [0, 0.1) is 0 Å². The van der Waals surface area contributed by atoms with E-state index in [4.69, 9.17) is 14.9 Å². The number of esters is 1. The average molecular weight is 322 g/mol. The summed E-state index contributed by atoms with van der Waals surface area (Å²) >= 11 is 0. The summed E-state index contributed by atoms with van der Waals surface area (Å²) in [5.74, 6) is -3.32. The molecule has 6 heteroatoms. The van der Waals surface area contributed by atoms with E-state index in [1.165, 1.54) is 0 Å². The Morgan fingerprint density at radius 2 is 1.70 bits per heavy atom. The lowest BCUT2D eigenvalue weighted by atomic mass is 10.0. The Bertz CT molecular complexity index is 578. The minimum absolute atomic E-state index is 0.150. The third-order valence-corrected chi connectivity index (χ3v) is 3.48. The Kier molecular flexibility index (Phi) is 7.25. The first kappa shape index (κ1) is 18.7. The molecule has 0 amide bonds. The monoisotopic (exact) mass is 322 g/mol. The summed E-state index contributed by atoms with van der Waals surface area (Å²) in [6, 6.07) is 3.32. The van der Waals surface area contributed by atoms with E-state index in [2.05, 4.69) is 0 Å². The summed E-state index contributed by atoms with van der Waals surface area (Å²) in [5.41, 5.74) is -0.636. The molecule has 0 heterocycles. The van der Waals surface area contributed by atoms with Crippen molar-refractivity contribution in [2.75, 3.05) is 0 Å². The van der Waals surface area contributed by atoms with Gasteiger partial charge >= 0.3 is 17.9 Å². The minimum Gasteiger partial charge on any atom is -0.478 e. The van der Waals surface area contributed by atoms with E-state index in [0.29, 0.717) is 12.8 Å². The number of carboxylic acid groups (broad SMARTS) is 2. The molecule has 6 nitrogen and oxygen atoms in total. The van der Waals surface area contributed by atoms with Crippen LogP contribution in [-0.2, 0) is 4.74 Å². The molecule has 0 fully saturated rings. The Morgan fingerprint density at radius 3 is 2.22 bits per heavy atom. The normalized spacial score (nSPS) is 11.7. The van der Waals surface area contributed by atoms with Crippen LogP contribution in [0.3, 0.4) is 0 Å². The van der Waals surface area contributed by atoms with Gasteiger partial charge in [-0.3, -0.25) is 0 Å². The molecule has 1 rings (SSSR count). The molecule has 0 aliphatic heterocycles. The van der Waals surface area contributed by atoms with Gasteiger partial charge in [0.05, 0.1) is 16.7 Å². The highest BCUT2D eigenvalue weighted by Gasteiger charge is 2.22. The molecular weight excluding hydrogens is 300 g/mol. The highest BCUT2D eigenvalue weighted by Crippen LogP contribution is 2.18. The second-order valence-electron chi connectivity index (χ2n) is 5.33. The zero-order valence-electron chi connectivity index (χ0n) is 13.4. The summed E-state index contributed by atoms with van der Waals surface area (Å²) in [6.45, 7) is 4.00. The second-order valence-corrected chi connectivity index (χ2v) is 5.33. The molecule has 1 unspecified atom stereocenters. The molecule has 0 bridgehead atoms. The predicted molar refractivity (Wildman–Crippen MR) is 84.0 cm³/mol. The maximum atomic E-state index is 12.3. The number of aromatic carboxylic acids is 2. The van der Waals surface area contributed by atoms with Crippen LogP contribution >= 0.6 is 0 Å². The zero-order valence-corrected chi connectivity index (χ0v) is 13.4. The number of hydrogen-bond donors (Lipinski definition) is 2. The molecule has 0 radical (unpaired) electrons. The third kappa shape index (κ3) is 5.39. The maximum absolute atomic E-state index is 12.3. The third-order valence-electron chi connectivity index (χ3n) is 3.48. The SMILES string of the molecule is CCCCC(CCC)OC(=O)c1cc(C(=O)O)ccc1C(=O)O. The van der Waals surface area contributed by atoms with Crippen molar-refractivity contribution in [3.8, 4) is 0 Å². The van der Waals surface area contributed by atoms with Crippen LogP contribution in [0.5, 0.6) is 0 Å². The van der Waals surface area contributed by atoms with Gasteiger partial charge in [0.1, 0.15) is 6.10 Å². The number of benzene rings is 1. The molecule has 0 aliphatic rings. The summed E-state index contributed by atoms with van der Waals surface area (Å²) in [4.78, 5) is 34.6. The first-order chi connectivity index (χ1) is 10.9. The van der Waals surface area contributed by atoms with Crippen molar-refractivity contribution in [2.45, 2.75) is 52.1 Å². The fourth-order valence-corrected chi connectivity index (χ4v) is 2.26. The summed E-state index contributed by atoms with van der Waals surface area (Å²) < 4.78 is 5.41. The summed E-state index contributed by atoms with van der Waals surface area (Å²) in [6.07, 6.45) is 3.81. The topological polar surface area (TPSA) is 101 Å². The van der Waals surface area contributed by atoms with Crippen LogP contribution in [-0.4, -0.2) is 34.2 Å². The highest BCUT2D eigenvalue weighted by molar-refractivity contribution is 6.04. The van der Waals surface area contributed by atoms with Crippen molar-refractivity contribution in [1.82, 2.24) is 0 Å². The molecule has 0 spiro atoms. The molecule has 1 aromatic carbocycles. The number of unbranched alkanes of at least 4 members (excludes halogenated alkanes) is 1. The van der Waals surface area contributed by atoms with E-state index in [9.17, 15) is 14.4 Å². The molecular formula is C17H22O6. The van der Waals surface area contributed by atoms with Crippen molar-refractivity contribution in [2.24, 2.45) is 0 Å². The van der Waals surface area contributed by atoms with E-state index >= 15 is 0 Å². The largest absolute Gasteiger partial charge is 0.478 e. The van der Waals surface area contributed by atoms with Gasteiger partial charge in [0, 0.05) is 0 Å². The Hall–Kier alpha value is -2.37. The summed E-state index contributed by atoms with van der Waals surface area (Å²) in [5, 5.41) is 18.2. The zero-order chi connectivity index (χ0) is 17.4. The standard InChI is InChI=1S/C17H22O6/c1-3-5-7-12(6-4-2)23-17(22)14-10-11(15(18)19)8-9-13(14)16(20)21/h8-10,12H,3-7H2,1-2H3,(H,18,19)(H,20,21). The number of carbonyl (C=O) groups is 3. The van der Waals surface area contributed by atoms with E-state index in [1.54, 1.807) is 0 Å². The van der Waals surface area contributed by atoms with Gasteiger partial charge in [-0.1, -0.05) is 33.1 Å². The van der Waals surface area contributed by atoms with E-state index in [1.807, 2.05) is 13.8 Å². The summed E-state index contributed by atoms with van der Waals surface area (Å²) in [7, 11) is 0. The van der Waals surface area contributed by atoms with Crippen LogP contribution in [0.25, 0.3) is 0 Å². The number of ether oxygens (including phenoxy) is 1. The minimum atomic E-state index is -1.30.